The van der Waals surface area contributed by atoms with Crippen LogP contribution in [0.25, 0.3) is 0 Å². The monoisotopic (exact) mass is 338 g/mol. The summed E-state index contributed by atoms with van der Waals surface area (Å²) >= 11 is 0. The number of hydrogen-bond donors (Lipinski definition) is 1. The normalized spacial score (nSPS) is 15.2. The van der Waals surface area contributed by atoms with Gasteiger partial charge in [0.05, 0.1) is 12.4 Å². The molecule has 0 radical (unpaired) electrons. The number of amides is 1. The lowest BCUT2D eigenvalue weighted by atomic mass is 9.99. The maximum absolute atomic E-state index is 12.4. The summed E-state index contributed by atoms with van der Waals surface area (Å²) in [5.74, 6) is 1.42. The van der Waals surface area contributed by atoms with Crippen molar-refractivity contribution in [2.24, 2.45) is 5.92 Å². The molecule has 1 aromatic heterocycles. The maximum atomic E-state index is 12.4. The van der Waals surface area contributed by atoms with Crippen LogP contribution in [0.1, 0.15) is 42.2 Å². The predicted molar refractivity (Wildman–Crippen MR) is 99.6 cm³/mol. The number of anilines is 1. The molecule has 1 aliphatic heterocycles. The molecular weight excluding hydrogens is 312 g/mol. The van der Waals surface area contributed by atoms with Crippen molar-refractivity contribution in [3.8, 4) is 0 Å². The van der Waals surface area contributed by atoms with Crippen molar-refractivity contribution in [3.63, 3.8) is 0 Å². The molecule has 0 atom stereocenters. The first-order valence-corrected chi connectivity index (χ1v) is 9.11. The second kappa shape index (κ2) is 8.60. The molecule has 5 heteroatoms. The first kappa shape index (κ1) is 17.4. The molecule has 0 unspecified atom stereocenters. The van der Waals surface area contributed by atoms with Gasteiger partial charge in [0.1, 0.15) is 11.5 Å². The fourth-order valence-corrected chi connectivity index (χ4v) is 3.06. The van der Waals surface area contributed by atoms with Gasteiger partial charge in [-0.2, -0.15) is 0 Å². The van der Waals surface area contributed by atoms with E-state index in [9.17, 15) is 4.79 Å². The van der Waals surface area contributed by atoms with Gasteiger partial charge in [0.25, 0.3) is 5.91 Å². The maximum Gasteiger partial charge on any atom is 0.274 e. The molecule has 0 aliphatic carbocycles. The van der Waals surface area contributed by atoms with Crippen molar-refractivity contribution < 1.29 is 4.79 Å². The Kier molecular flexibility index (Phi) is 5.99. The summed E-state index contributed by atoms with van der Waals surface area (Å²) in [4.78, 5) is 23.0. The molecule has 2 heterocycles. The molecule has 25 heavy (non-hydrogen) atoms. The second-order valence-electron chi connectivity index (χ2n) is 6.78. The number of carbonyl (C=O) groups is 1. The summed E-state index contributed by atoms with van der Waals surface area (Å²) in [5, 5.41) is 3.27. The summed E-state index contributed by atoms with van der Waals surface area (Å²) in [6, 6.07) is 10.4. The Balaban J connectivity index is 1.44. The minimum atomic E-state index is -0.00460. The van der Waals surface area contributed by atoms with Crippen LogP contribution in [0, 0.1) is 5.92 Å². The minimum Gasteiger partial charge on any atom is -0.369 e. The lowest BCUT2D eigenvalue weighted by Gasteiger charge is -2.29. The van der Waals surface area contributed by atoms with Crippen molar-refractivity contribution in [2.75, 3.05) is 25.0 Å². The fourth-order valence-electron chi connectivity index (χ4n) is 3.06. The van der Waals surface area contributed by atoms with Crippen LogP contribution in [0.2, 0.25) is 0 Å². The lowest BCUT2D eigenvalue weighted by molar-refractivity contribution is 0.0691. The van der Waals surface area contributed by atoms with Gasteiger partial charge in [-0.15, -0.1) is 0 Å². The van der Waals surface area contributed by atoms with Crippen molar-refractivity contribution in [3.05, 3.63) is 54.0 Å². The van der Waals surface area contributed by atoms with E-state index in [2.05, 4.69) is 46.5 Å². The van der Waals surface area contributed by atoms with Crippen LogP contribution in [0.3, 0.4) is 0 Å². The molecule has 132 valence electrons. The highest BCUT2D eigenvalue weighted by Gasteiger charge is 2.22. The van der Waals surface area contributed by atoms with Gasteiger partial charge in [-0.1, -0.05) is 37.3 Å². The van der Waals surface area contributed by atoms with Crippen molar-refractivity contribution in [2.45, 2.75) is 32.6 Å². The third kappa shape index (κ3) is 5.02. The van der Waals surface area contributed by atoms with E-state index in [4.69, 9.17) is 0 Å². The molecule has 1 amide bonds. The molecule has 0 saturated carbocycles. The van der Waals surface area contributed by atoms with E-state index in [-0.39, 0.29) is 5.91 Å². The number of aryl methyl sites for hydroxylation is 1. The molecule has 3 rings (SSSR count). The molecule has 5 nitrogen and oxygen atoms in total. The van der Waals surface area contributed by atoms with Crippen LogP contribution in [0.15, 0.2) is 42.7 Å². The Morgan fingerprint density at radius 1 is 1.16 bits per heavy atom. The molecule has 1 saturated heterocycles. The average molecular weight is 338 g/mol. The summed E-state index contributed by atoms with van der Waals surface area (Å²) < 4.78 is 0. The third-order valence-corrected chi connectivity index (χ3v) is 4.73. The number of benzene rings is 1. The Labute approximate surface area is 149 Å². The highest BCUT2D eigenvalue weighted by atomic mass is 16.2. The minimum absolute atomic E-state index is 0.00460. The fraction of sp³-hybridized carbons (Fsp3) is 0.450. The highest BCUT2D eigenvalue weighted by Crippen LogP contribution is 2.17. The van der Waals surface area contributed by atoms with Gasteiger partial charge >= 0.3 is 0 Å². The SMILES string of the molecule is CC1CCN(C(=O)c2cnc(NCCCc3ccccc3)cn2)CC1. The largest absolute Gasteiger partial charge is 0.369 e. The predicted octanol–water partition coefficient (Wildman–Crippen LogP) is 3.39. The van der Waals surface area contributed by atoms with E-state index in [0.717, 1.165) is 51.1 Å². The van der Waals surface area contributed by atoms with Crippen molar-refractivity contribution in [1.82, 2.24) is 14.9 Å². The lowest BCUT2D eigenvalue weighted by Crippen LogP contribution is -2.38. The Hall–Kier alpha value is -2.43. The van der Waals surface area contributed by atoms with E-state index in [1.165, 1.54) is 5.56 Å². The summed E-state index contributed by atoms with van der Waals surface area (Å²) in [6.45, 7) is 4.71. The van der Waals surface area contributed by atoms with Crippen LogP contribution in [0.5, 0.6) is 0 Å². The zero-order valence-corrected chi connectivity index (χ0v) is 14.8. The van der Waals surface area contributed by atoms with Crippen LogP contribution in [-0.4, -0.2) is 40.4 Å². The van der Waals surface area contributed by atoms with Crippen LogP contribution in [0.4, 0.5) is 5.82 Å². The standard InChI is InChI=1S/C20H26N4O/c1-16-9-12-24(13-10-16)20(25)18-14-23-19(15-22-18)21-11-5-8-17-6-3-2-4-7-17/h2-4,6-7,14-16H,5,8-13H2,1H3,(H,21,23). The number of piperidine rings is 1. The highest BCUT2D eigenvalue weighted by molar-refractivity contribution is 5.92. The van der Waals surface area contributed by atoms with Crippen molar-refractivity contribution >= 4 is 11.7 Å². The number of rotatable bonds is 6. The van der Waals surface area contributed by atoms with Gasteiger partial charge < -0.3 is 10.2 Å². The van der Waals surface area contributed by atoms with Gasteiger partial charge in [-0.05, 0) is 37.2 Å². The van der Waals surface area contributed by atoms with Crippen molar-refractivity contribution in [1.29, 1.82) is 0 Å². The average Bonchev–Trinajstić information content (AvgIpc) is 2.67. The summed E-state index contributed by atoms with van der Waals surface area (Å²) in [7, 11) is 0. The third-order valence-electron chi connectivity index (χ3n) is 4.73. The quantitative estimate of drug-likeness (QED) is 0.820. The van der Waals surface area contributed by atoms with E-state index in [1.54, 1.807) is 12.4 Å². The zero-order valence-electron chi connectivity index (χ0n) is 14.8. The van der Waals surface area contributed by atoms with Gasteiger partial charge in [-0.3, -0.25) is 4.79 Å². The van der Waals surface area contributed by atoms with Gasteiger partial charge in [0, 0.05) is 19.6 Å². The molecule has 1 N–H and O–H groups in total. The van der Waals surface area contributed by atoms with E-state index in [1.807, 2.05) is 11.0 Å². The smallest absolute Gasteiger partial charge is 0.274 e. The number of nitrogens with zero attached hydrogens (tertiary/aromatic N) is 3. The molecule has 0 bridgehead atoms. The van der Waals surface area contributed by atoms with Crippen LogP contribution in [-0.2, 0) is 6.42 Å². The van der Waals surface area contributed by atoms with E-state index >= 15 is 0 Å². The zero-order chi connectivity index (χ0) is 17.5. The first-order chi connectivity index (χ1) is 12.2. The molecule has 1 fully saturated rings. The topological polar surface area (TPSA) is 58.1 Å². The van der Waals surface area contributed by atoms with E-state index < -0.39 is 0 Å². The summed E-state index contributed by atoms with van der Waals surface area (Å²) in [6.07, 6.45) is 7.44. The van der Waals surface area contributed by atoms with Gasteiger partial charge in [0.15, 0.2) is 0 Å². The first-order valence-electron chi connectivity index (χ1n) is 9.11. The molecule has 1 aliphatic rings. The Morgan fingerprint density at radius 2 is 1.92 bits per heavy atom. The van der Waals surface area contributed by atoms with Gasteiger partial charge in [-0.25, -0.2) is 9.97 Å². The number of hydrogen-bond acceptors (Lipinski definition) is 4. The molecular formula is C20H26N4O. The van der Waals surface area contributed by atoms with Crippen LogP contribution < -0.4 is 5.32 Å². The van der Waals surface area contributed by atoms with E-state index in [0.29, 0.717) is 11.6 Å². The molecule has 1 aromatic carbocycles. The second-order valence-corrected chi connectivity index (χ2v) is 6.78. The number of likely N-dealkylation sites (tertiary alicyclic amines) is 1. The molecule has 2 aromatic rings. The molecule has 0 spiro atoms. The Bertz CT molecular complexity index is 664. The van der Waals surface area contributed by atoms with Crippen LogP contribution >= 0.6 is 0 Å². The number of aromatic nitrogens is 2. The number of nitrogens with one attached hydrogen (secondary N) is 1. The summed E-state index contributed by atoms with van der Waals surface area (Å²) in [5.41, 5.74) is 1.77. The Morgan fingerprint density at radius 3 is 2.60 bits per heavy atom. The number of carbonyl (C=O) groups excluding carboxylic acids is 1. The van der Waals surface area contributed by atoms with Gasteiger partial charge in [0.2, 0.25) is 0 Å².